The lowest BCUT2D eigenvalue weighted by molar-refractivity contribution is 0.0657. The number of nitrogens with zero attached hydrogens (tertiary/aromatic N) is 2. The fourth-order valence-electron chi connectivity index (χ4n) is 4.14. The molecule has 2 aliphatic rings. The third-order valence-corrected chi connectivity index (χ3v) is 8.03. The number of carbonyl (C=O) groups excluding carboxylic acids is 1. The van der Waals surface area contributed by atoms with Gasteiger partial charge in [-0.1, -0.05) is 18.2 Å². The lowest BCUT2D eigenvalue weighted by atomic mass is 9.94. The number of fused-ring (bicyclic) bond motifs is 2. The number of ether oxygens (including phenoxy) is 1. The van der Waals surface area contributed by atoms with Crippen molar-refractivity contribution in [3.8, 4) is 0 Å². The van der Waals surface area contributed by atoms with Crippen molar-refractivity contribution in [2.24, 2.45) is 5.92 Å². The van der Waals surface area contributed by atoms with E-state index in [4.69, 9.17) is 4.74 Å². The smallest absolute Gasteiger partial charge is 0.270 e. The molecule has 2 saturated heterocycles. The molecule has 0 radical (unpaired) electrons. The summed E-state index contributed by atoms with van der Waals surface area (Å²) in [5.41, 5.74) is 7.50. The monoisotopic (exact) mass is 421 g/mol. The van der Waals surface area contributed by atoms with E-state index in [1.54, 1.807) is 19.1 Å². The number of likely N-dealkylation sites (tertiary alicyclic amines) is 1. The molecular formula is C19H27N5O4S. The quantitative estimate of drug-likeness (QED) is 0.621. The van der Waals surface area contributed by atoms with Crippen molar-refractivity contribution in [2.75, 3.05) is 40.4 Å². The number of carbonyl (C=O) groups is 1. The number of para-hydroxylation sites is 1. The van der Waals surface area contributed by atoms with Gasteiger partial charge in [0, 0.05) is 56.7 Å². The molecule has 10 heteroatoms. The van der Waals surface area contributed by atoms with Crippen LogP contribution in [-0.4, -0.2) is 80.3 Å². The minimum atomic E-state index is -3.58. The average Bonchev–Trinajstić information content (AvgIpc) is 3.35. The predicted octanol–water partition coefficient (Wildman–Crippen LogP) is 0.341. The maximum atomic E-state index is 13.1. The highest BCUT2D eigenvalue weighted by Gasteiger charge is 2.48. The van der Waals surface area contributed by atoms with Gasteiger partial charge in [-0.15, -0.1) is 0 Å². The first-order valence-electron chi connectivity index (χ1n) is 9.74. The second-order valence-electron chi connectivity index (χ2n) is 7.65. The van der Waals surface area contributed by atoms with E-state index in [9.17, 15) is 13.2 Å². The summed E-state index contributed by atoms with van der Waals surface area (Å²) < 4.78 is 32.3. The standard InChI is InChI=1S/C19H27N5O4S/c1-23(9-10-28-2)29(26,27)18-14-12-24(8-7-16(14)21-22-18)19(25)17-11-13-5-3-4-6-15(13)20-17/h3-6,11,14,16,18,20-22H,7-10,12H2,1-2H3. The van der Waals surface area contributed by atoms with Crippen LogP contribution < -0.4 is 10.9 Å². The molecular weight excluding hydrogens is 394 g/mol. The number of benzene rings is 1. The van der Waals surface area contributed by atoms with Crippen LogP contribution in [0.25, 0.3) is 10.9 Å². The van der Waals surface area contributed by atoms with Crippen molar-refractivity contribution in [1.29, 1.82) is 0 Å². The summed E-state index contributed by atoms with van der Waals surface area (Å²) in [5.74, 6) is -0.331. The van der Waals surface area contributed by atoms with E-state index >= 15 is 0 Å². The number of hydrogen-bond acceptors (Lipinski definition) is 6. The maximum absolute atomic E-state index is 13.1. The average molecular weight is 422 g/mol. The molecule has 0 bridgehead atoms. The molecule has 0 aliphatic carbocycles. The van der Waals surface area contributed by atoms with Crippen LogP contribution in [0, 0.1) is 5.92 Å². The highest BCUT2D eigenvalue weighted by atomic mass is 32.2. The van der Waals surface area contributed by atoms with Gasteiger partial charge in [-0.25, -0.2) is 18.1 Å². The van der Waals surface area contributed by atoms with Gasteiger partial charge in [0.15, 0.2) is 0 Å². The number of hydrogen-bond donors (Lipinski definition) is 3. The third kappa shape index (κ3) is 3.78. The van der Waals surface area contributed by atoms with Crippen molar-refractivity contribution in [3.63, 3.8) is 0 Å². The van der Waals surface area contributed by atoms with Gasteiger partial charge in [0.1, 0.15) is 11.1 Å². The summed E-state index contributed by atoms with van der Waals surface area (Å²) in [7, 11) is -0.484. The van der Waals surface area contributed by atoms with Gasteiger partial charge in [0.25, 0.3) is 5.91 Å². The molecule has 3 heterocycles. The summed E-state index contributed by atoms with van der Waals surface area (Å²) in [6, 6.07) is 9.60. The maximum Gasteiger partial charge on any atom is 0.270 e. The Morgan fingerprint density at radius 1 is 1.31 bits per heavy atom. The van der Waals surface area contributed by atoms with E-state index < -0.39 is 15.4 Å². The van der Waals surface area contributed by atoms with E-state index in [2.05, 4.69) is 15.8 Å². The van der Waals surface area contributed by atoms with Crippen LogP contribution in [0.1, 0.15) is 16.9 Å². The van der Waals surface area contributed by atoms with Crippen molar-refractivity contribution in [1.82, 2.24) is 25.0 Å². The minimum absolute atomic E-state index is 0.0114. The van der Waals surface area contributed by atoms with Gasteiger partial charge in [0.2, 0.25) is 10.0 Å². The summed E-state index contributed by atoms with van der Waals surface area (Å²) in [5, 5.41) is 0.197. The highest BCUT2D eigenvalue weighted by molar-refractivity contribution is 7.89. The number of piperidine rings is 1. The number of amides is 1. The molecule has 1 aromatic heterocycles. The normalized spacial score (nSPS) is 24.9. The van der Waals surface area contributed by atoms with Crippen LogP contribution in [0.15, 0.2) is 30.3 Å². The number of sulfonamides is 1. The number of methoxy groups -OCH3 is 1. The van der Waals surface area contributed by atoms with Crippen LogP contribution in [-0.2, 0) is 14.8 Å². The van der Waals surface area contributed by atoms with Crippen LogP contribution in [0.3, 0.4) is 0 Å². The van der Waals surface area contributed by atoms with Gasteiger partial charge >= 0.3 is 0 Å². The molecule has 2 aliphatic heterocycles. The summed E-state index contributed by atoms with van der Waals surface area (Å²) in [4.78, 5) is 18.0. The molecule has 29 heavy (non-hydrogen) atoms. The summed E-state index contributed by atoms with van der Waals surface area (Å²) in [6.45, 7) is 1.57. The van der Waals surface area contributed by atoms with E-state index in [1.807, 2.05) is 30.3 Å². The number of rotatable bonds is 6. The van der Waals surface area contributed by atoms with Crippen LogP contribution >= 0.6 is 0 Å². The van der Waals surface area contributed by atoms with Gasteiger partial charge in [-0.2, -0.15) is 0 Å². The number of hydrazine groups is 1. The molecule has 1 aromatic carbocycles. The number of likely N-dealkylation sites (N-methyl/N-ethyl adjacent to an activating group) is 1. The van der Waals surface area contributed by atoms with Crippen LogP contribution in [0.2, 0.25) is 0 Å². The fraction of sp³-hybridized carbons (Fsp3) is 0.526. The largest absolute Gasteiger partial charge is 0.383 e. The summed E-state index contributed by atoms with van der Waals surface area (Å²) >= 11 is 0. The SMILES string of the molecule is COCCN(C)S(=O)(=O)C1NNC2CCN(C(=O)c3cc4ccccc4[nH]3)CC21. The molecule has 3 N–H and O–H groups in total. The van der Waals surface area contributed by atoms with E-state index in [1.165, 1.54) is 4.31 Å². The van der Waals surface area contributed by atoms with Crippen molar-refractivity contribution < 1.29 is 17.9 Å². The number of aromatic nitrogens is 1. The Morgan fingerprint density at radius 2 is 2.10 bits per heavy atom. The molecule has 4 rings (SSSR count). The molecule has 0 saturated carbocycles. The molecule has 3 atom stereocenters. The first-order valence-corrected chi connectivity index (χ1v) is 11.2. The molecule has 9 nitrogen and oxygen atoms in total. The van der Waals surface area contributed by atoms with Gasteiger partial charge in [-0.3, -0.25) is 10.2 Å². The molecule has 158 valence electrons. The predicted molar refractivity (Wildman–Crippen MR) is 110 cm³/mol. The Kier molecular flexibility index (Phi) is 5.63. The lowest BCUT2D eigenvalue weighted by Crippen LogP contribution is -2.52. The highest BCUT2D eigenvalue weighted by Crippen LogP contribution is 2.29. The zero-order valence-electron chi connectivity index (χ0n) is 16.6. The van der Waals surface area contributed by atoms with Gasteiger partial charge in [-0.05, 0) is 18.6 Å². The second-order valence-corrected chi connectivity index (χ2v) is 9.81. The second kappa shape index (κ2) is 8.04. The molecule has 0 spiro atoms. The fourth-order valence-corrected chi connectivity index (χ4v) is 5.80. The van der Waals surface area contributed by atoms with Gasteiger partial charge < -0.3 is 14.6 Å². The third-order valence-electron chi connectivity index (χ3n) is 5.87. The Hall–Kier alpha value is -1.98. The Labute approximate surface area is 170 Å². The molecule has 2 fully saturated rings. The Morgan fingerprint density at radius 3 is 2.86 bits per heavy atom. The van der Waals surface area contributed by atoms with Crippen LogP contribution in [0.5, 0.6) is 0 Å². The van der Waals surface area contributed by atoms with Gasteiger partial charge in [0.05, 0.1) is 6.61 Å². The topological polar surface area (TPSA) is 107 Å². The number of aromatic amines is 1. The first kappa shape index (κ1) is 20.3. The lowest BCUT2D eigenvalue weighted by Gasteiger charge is -2.36. The van der Waals surface area contributed by atoms with Crippen molar-refractivity contribution >= 4 is 26.8 Å². The van der Waals surface area contributed by atoms with E-state index in [-0.39, 0.29) is 24.4 Å². The minimum Gasteiger partial charge on any atom is -0.383 e. The Balaban J connectivity index is 1.51. The van der Waals surface area contributed by atoms with Crippen molar-refractivity contribution in [3.05, 3.63) is 36.0 Å². The van der Waals surface area contributed by atoms with Crippen molar-refractivity contribution in [2.45, 2.75) is 17.8 Å². The van der Waals surface area contributed by atoms with E-state index in [0.29, 0.717) is 31.8 Å². The zero-order valence-corrected chi connectivity index (χ0v) is 17.4. The number of nitrogens with one attached hydrogen (secondary N) is 3. The Bertz CT molecular complexity index is 958. The van der Waals surface area contributed by atoms with E-state index in [0.717, 1.165) is 10.9 Å². The molecule has 1 amide bonds. The van der Waals surface area contributed by atoms with Crippen LogP contribution in [0.4, 0.5) is 0 Å². The zero-order chi connectivity index (χ0) is 20.6. The number of H-pyrrole nitrogens is 1. The first-order chi connectivity index (χ1) is 13.9. The summed E-state index contributed by atoms with van der Waals surface area (Å²) in [6.07, 6.45) is 0.692. The molecule has 3 unspecified atom stereocenters. The molecule has 2 aromatic rings.